The molecule has 2 unspecified atom stereocenters. The average Bonchev–Trinajstić information content (AvgIpc) is 3.11. The maximum atomic E-state index is 13.0. The van der Waals surface area contributed by atoms with Gasteiger partial charge < -0.3 is 10.2 Å². The Morgan fingerprint density at radius 3 is 2.48 bits per heavy atom. The normalized spacial score (nSPS) is 25.8. The molecule has 3 aliphatic heterocycles. The Morgan fingerprint density at radius 1 is 1.22 bits per heavy atom. The van der Waals surface area contributed by atoms with Crippen LogP contribution in [0.25, 0.3) is 0 Å². The van der Waals surface area contributed by atoms with Gasteiger partial charge in [-0.05, 0) is 43.9 Å². The summed E-state index contributed by atoms with van der Waals surface area (Å²) in [4.78, 5) is 40.7. The minimum Gasteiger partial charge on any atom is -0.339 e. The summed E-state index contributed by atoms with van der Waals surface area (Å²) in [6, 6.07) is 6.01. The first-order valence-electron chi connectivity index (χ1n) is 9.14. The molecule has 3 amide bonds. The first-order chi connectivity index (χ1) is 12.5. The molecule has 27 heavy (non-hydrogen) atoms. The molecule has 1 aromatic carbocycles. The van der Waals surface area contributed by atoms with Crippen molar-refractivity contribution in [3.63, 3.8) is 0 Å². The third-order valence-electron chi connectivity index (χ3n) is 5.85. The lowest BCUT2D eigenvalue weighted by atomic mass is 9.97. The quantitative estimate of drug-likeness (QED) is 0.633. The third-order valence-corrected chi connectivity index (χ3v) is 5.85. The Morgan fingerprint density at radius 2 is 1.85 bits per heavy atom. The van der Waals surface area contributed by atoms with Crippen LogP contribution in [0.15, 0.2) is 30.9 Å². The Kier molecular flexibility index (Phi) is 5.40. The molecule has 4 rings (SSSR count). The van der Waals surface area contributed by atoms with Gasteiger partial charge in [0.05, 0.1) is 11.1 Å². The summed E-state index contributed by atoms with van der Waals surface area (Å²) in [5.41, 5.74) is 1.12. The van der Waals surface area contributed by atoms with Crippen LogP contribution < -0.4 is 5.32 Å². The number of fused-ring (bicyclic) bond motifs is 3. The first kappa shape index (κ1) is 19.6. The molecule has 1 aromatic rings. The molecule has 2 atom stereocenters. The summed E-state index contributed by atoms with van der Waals surface area (Å²) in [6.45, 7) is 3.76. The SMILES string of the molecule is C=CCN1C(=O)c2ccc(C(=O)N(C)C3CC4CCC(C3)N4)cc2C1=O.Cl. The van der Waals surface area contributed by atoms with E-state index in [4.69, 9.17) is 0 Å². The van der Waals surface area contributed by atoms with Gasteiger partial charge in [0.25, 0.3) is 17.7 Å². The molecular weight excluding hydrogens is 366 g/mol. The first-order valence-corrected chi connectivity index (χ1v) is 9.14. The topological polar surface area (TPSA) is 69.7 Å². The maximum absolute atomic E-state index is 13.0. The molecule has 0 saturated carbocycles. The molecule has 2 fully saturated rings. The van der Waals surface area contributed by atoms with Crippen LogP contribution in [0.5, 0.6) is 0 Å². The Balaban J connectivity index is 0.00000210. The molecule has 0 spiro atoms. The van der Waals surface area contributed by atoms with E-state index in [1.54, 1.807) is 23.1 Å². The Hall–Kier alpha value is -2.18. The number of piperidine rings is 1. The zero-order valence-corrected chi connectivity index (χ0v) is 16.1. The molecule has 0 aliphatic carbocycles. The van der Waals surface area contributed by atoms with E-state index in [1.807, 2.05) is 7.05 Å². The van der Waals surface area contributed by atoms with E-state index in [-0.39, 0.29) is 42.7 Å². The third kappa shape index (κ3) is 3.28. The highest BCUT2D eigenvalue weighted by molar-refractivity contribution is 6.22. The number of rotatable bonds is 4. The highest BCUT2D eigenvalue weighted by atomic mass is 35.5. The van der Waals surface area contributed by atoms with E-state index in [1.165, 1.54) is 18.9 Å². The smallest absolute Gasteiger partial charge is 0.261 e. The summed E-state index contributed by atoms with van der Waals surface area (Å²) in [6.07, 6.45) is 5.81. The number of halogens is 1. The average molecular weight is 390 g/mol. The van der Waals surface area contributed by atoms with Crippen molar-refractivity contribution >= 4 is 30.1 Å². The second kappa shape index (κ2) is 7.44. The van der Waals surface area contributed by atoms with Crippen LogP contribution >= 0.6 is 12.4 Å². The van der Waals surface area contributed by atoms with Crippen molar-refractivity contribution in [2.45, 2.75) is 43.8 Å². The number of hydrogen-bond acceptors (Lipinski definition) is 4. The number of carbonyl (C=O) groups is 3. The van der Waals surface area contributed by atoms with Gasteiger partial charge in [0.2, 0.25) is 0 Å². The van der Waals surface area contributed by atoms with Crippen LogP contribution in [0.3, 0.4) is 0 Å². The van der Waals surface area contributed by atoms with E-state index in [0.717, 1.165) is 17.7 Å². The van der Waals surface area contributed by atoms with Gasteiger partial charge in [0, 0.05) is 37.3 Å². The second-order valence-electron chi connectivity index (χ2n) is 7.45. The van der Waals surface area contributed by atoms with Crippen LogP contribution in [0.1, 0.15) is 56.8 Å². The van der Waals surface area contributed by atoms with Gasteiger partial charge in [0.1, 0.15) is 0 Å². The molecule has 3 aliphatic rings. The van der Waals surface area contributed by atoms with Gasteiger partial charge in [-0.3, -0.25) is 19.3 Å². The van der Waals surface area contributed by atoms with Gasteiger partial charge in [-0.1, -0.05) is 6.08 Å². The summed E-state index contributed by atoms with van der Waals surface area (Å²) < 4.78 is 0. The highest BCUT2D eigenvalue weighted by Gasteiger charge is 2.38. The van der Waals surface area contributed by atoms with Crippen molar-refractivity contribution in [1.82, 2.24) is 15.1 Å². The standard InChI is InChI=1S/C20H23N3O3.ClH/c1-3-8-23-19(25)16-7-4-12(9-17(16)20(23)26)18(24)22(2)15-10-13-5-6-14(11-15)21-13;/h3-4,7,9,13-15,21H,1,5-6,8,10-11H2,2H3;1H. The van der Waals surface area contributed by atoms with Crippen LogP contribution in [-0.4, -0.2) is 59.2 Å². The minimum absolute atomic E-state index is 0. The molecule has 6 nitrogen and oxygen atoms in total. The van der Waals surface area contributed by atoms with Gasteiger partial charge in [-0.2, -0.15) is 0 Å². The maximum Gasteiger partial charge on any atom is 0.261 e. The minimum atomic E-state index is -0.359. The molecule has 1 N–H and O–H groups in total. The molecule has 0 aromatic heterocycles. The van der Waals surface area contributed by atoms with E-state index >= 15 is 0 Å². The van der Waals surface area contributed by atoms with Crippen molar-refractivity contribution in [3.8, 4) is 0 Å². The fourth-order valence-corrected chi connectivity index (χ4v) is 4.43. The van der Waals surface area contributed by atoms with Gasteiger partial charge in [-0.25, -0.2) is 0 Å². The van der Waals surface area contributed by atoms with Crippen molar-refractivity contribution in [2.75, 3.05) is 13.6 Å². The van der Waals surface area contributed by atoms with Crippen LogP contribution in [-0.2, 0) is 0 Å². The van der Waals surface area contributed by atoms with Gasteiger partial charge >= 0.3 is 0 Å². The molecule has 3 heterocycles. The molecule has 2 bridgehead atoms. The van der Waals surface area contributed by atoms with Gasteiger partial charge in [0.15, 0.2) is 0 Å². The summed E-state index contributed by atoms with van der Waals surface area (Å²) >= 11 is 0. The molecule has 7 heteroatoms. The van der Waals surface area contributed by atoms with E-state index in [9.17, 15) is 14.4 Å². The predicted octanol–water partition coefficient (Wildman–Crippen LogP) is 2.25. The highest BCUT2D eigenvalue weighted by Crippen LogP contribution is 2.30. The lowest BCUT2D eigenvalue weighted by Crippen LogP contribution is -2.48. The zero-order chi connectivity index (χ0) is 18.4. The Labute approximate surface area is 165 Å². The van der Waals surface area contributed by atoms with Crippen LogP contribution in [0, 0.1) is 0 Å². The summed E-state index contributed by atoms with van der Waals surface area (Å²) in [5, 5.41) is 3.58. The van der Waals surface area contributed by atoms with Crippen molar-refractivity contribution < 1.29 is 14.4 Å². The zero-order valence-electron chi connectivity index (χ0n) is 15.3. The predicted molar refractivity (Wildman–Crippen MR) is 104 cm³/mol. The van der Waals surface area contributed by atoms with Gasteiger partial charge in [-0.15, -0.1) is 19.0 Å². The van der Waals surface area contributed by atoms with E-state index in [2.05, 4.69) is 11.9 Å². The van der Waals surface area contributed by atoms with Crippen LogP contribution in [0.4, 0.5) is 0 Å². The fraction of sp³-hybridized carbons (Fsp3) is 0.450. The number of nitrogens with zero attached hydrogens (tertiary/aromatic N) is 2. The van der Waals surface area contributed by atoms with Crippen molar-refractivity contribution in [2.24, 2.45) is 0 Å². The molecule has 144 valence electrons. The van der Waals surface area contributed by atoms with Crippen molar-refractivity contribution in [3.05, 3.63) is 47.5 Å². The second-order valence-corrected chi connectivity index (χ2v) is 7.45. The monoisotopic (exact) mass is 389 g/mol. The Bertz CT molecular complexity index is 798. The number of amides is 3. The van der Waals surface area contributed by atoms with Crippen molar-refractivity contribution in [1.29, 1.82) is 0 Å². The molecular formula is C20H24ClN3O3. The van der Waals surface area contributed by atoms with E-state index in [0.29, 0.717) is 28.8 Å². The molecule has 0 radical (unpaired) electrons. The number of carbonyl (C=O) groups excluding carboxylic acids is 3. The largest absolute Gasteiger partial charge is 0.339 e. The van der Waals surface area contributed by atoms with E-state index < -0.39 is 0 Å². The number of imide groups is 1. The lowest BCUT2D eigenvalue weighted by Gasteiger charge is -2.35. The number of hydrogen-bond donors (Lipinski definition) is 1. The van der Waals surface area contributed by atoms with Crippen LogP contribution in [0.2, 0.25) is 0 Å². The lowest BCUT2D eigenvalue weighted by molar-refractivity contribution is 0.0667. The summed E-state index contributed by atoms with van der Waals surface area (Å²) in [5.74, 6) is -0.782. The number of nitrogens with one attached hydrogen (secondary N) is 1. The fourth-order valence-electron chi connectivity index (χ4n) is 4.43. The molecule has 2 saturated heterocycles. The number of benzene rings is 1. The summed E-state index contributed by atoms with van der Waals surface area (Å²) in [7, 11) is 1.84.